The van der Waals surface area contributed by atoms with Crippen LogP contribution in [0.4, 0.5) is 0 Å². The number of aromatic nitrogens is 2. The summed E-state index contributed by atoms with van der Waals surface area (Å²) in [6.45, 7) is 4.86. The van der Waals surface area contributed by atoms with Gasteiger partial charge in [-0.15, -0.1) is 0 Å². The Morgan fingerprint density at radius 3 is 2.83 bits per heavy atom. The smallest absolute Gasteiger partial charge is 0.0955 e. The first-order valence-corrected chi connectivity index (χ1v) is 6.19. The highest BCUT2D eigenvalue weighted by atomic mass is 16.3. The van der Waals surface area contributed by atoms with Gasteiger partial charge in [-0.3, -0.25) is 0 Å². The summed E-state index contributed by atoms with van der Waals surface area (Å²) in [6, 6.07) is 5.96. The van der Waals surface area contributed by atoms with Crippen LogP contribution < -0.4 is 5.32 Å². The number of aryl methyl sites for hydroxylation is 1. The van der Waals surface area contributed by atoms with Crippen LogP contribution in [0.3, 0.4) is 0 Å². The lowest BCUT2D eigenvalue weighted by atomic mass is 9.82. The van der Waals surface area contributed by atoms with Crippen molar-refractivity contribution in [3.63, 3.8) is 0 Å². The van der Waals surface area contributed by atoms with Gasteiger partial charge in [-0.2, -0.15) is 0 Å². The van der Waals surface area contributed by atoms with Gasteiger partial charge in [-0.1, -0.05) is 19.9 Å². The maximum atomic E-state index is 10.5. The molecule has 2 N–H and O–H groups in total. The molecule has 4 nitrogen and oxygen atoms in total. The number of aliphatic hydroxyl groups is 1. The van der Waals surface area contributed by atoms with E-state index in [0.717, 1.165) is 23.1 Å². The van der Waals surface area contributed by atoms with E-state index in [2.05, 4.69) is 24.1 Å². The predicted octanol–water partition coefficient (Wildman–Crippen LogP) is 1.85. The zero-order valence-corrected chi connectivity index (χ0v) is 11.4. The summed E-state index contributed by atoms with van der Waals surface area (Å²) < 4.78 is 1.98. The van der Waals surface area contributed by atoms with Gasteiger partial charge in [0.1, 0.15) is 0 Å². The molecular weight excluding hydrogens is 226 g/mol. The van der Waals surface area contributed by atoms with Gasteiger partial charge in [-0.05, 0) is 24.7 Å². The molecule has 1 atom stereocenters. The van der Waals surface area contributed by atoms with Crippen LogP contribution in [0.5, 0.6) is 0 Å². The molecule has 1 aromatic carbocycles. The van der Waals surface area contributed by atoms with Crippen molar-refractivity contribution in [3.05, 3.63) is 30.1 Å². The van der Waals surface area contributed by atoms with Gasteiger partial charge < -0.3 is 15.0 Å². The average molecular weight is 247 g/mol. The van der Waals surface area contributed by atoms with Gasteiger partial charge >= 0.3 is 0 Å². The summed E-state index contributed by atoms with van der Waals surface area (Å²) in [5, 5.41) is 13.6. The molecule has 98 valence electrons. The normalized spacial score (nSPS) is 14.1. The fraction of sp³-hybridized carbons (Fsp3) is 0.500. The van der Waals surface area contributed by atoms with Crippen LogP contribution in [-0.4, -0.2) is 28.3 Å². The molecule has 4 heteroatoms. The Hall–Kier alpha value is -1.39. The Balaban J connectivity index is 2.36. The molecule has 2 aromatic rings. The third-order valence-electron chi connectivity index (χ3n) is 3.44. The minimum atomic E-state index is -0.503. The van der Waals surface area contributed by atoms with Gasteiger partial charge in [0.2, 0.25) is 0 Å². The number of nitrogens with zero attached hydrogens (tertiary/aromatic N) is 2. The van der Waals surface area contributed by atoms with Crippen molar-refractivity contribution in [1.29, 1.82) is 0 Å². The largest absolute Gasteiger partial charge is 0.388 e. The first kappa shape index (κ1) is 13.1. The van der Waals surface area contributed by atoms with Crippen LogP contribution in [0.2, 0.25) is 0 Å². The van der Waals surface area contributed by atoms with Crippen molar-refractivity contribution in [2.75, 3.05) is 13.6 Å². The van der Waals surface area contributed by atoms with Crippen LogP contribution in [0.15, 0.2) is 24.5 Å². The molecule has 18 heavy (non-hydrogen) atoms. The van der Waals surface area contributed by atoms with E-state index < -0.39 is 6.10 Å². The van der Waals surface area contributed by atoms with Gasteiger partial charge in [-0.25, -0.2) is 4.98 Å². The van der Waals surface area contributed by atoms with Gasteiger partial charge in [0.05, 0.1) is 23.5 Å². The van der Waals surface area contributed by atoms with Crippen molar-refractivity contribution in [1.82, 2.24) is 14.9 Å². The van der Waals surface area contributed by atoms with Gasteiger partial charge in [0, 0.05) is 19.0 Å². The molecule has 0 aliphatic heterocycles. The number of aliphatic hydroxyl groups excluding tert-OH is 1. The fourth-order valence-electron chi connectivity index (χ4n) is 2.33. The zero-order chi connectivity index (χ0) is 13.3. The first-order chi connectivity index (χ1) is 8.45. The molecule has 0 fully saturated rings. The van der Waals surface area contributed by atoms with Crippen LogP contribution in [-0.2, 0) is 7.05 Å². The van der Waals surface area contributed by atoms with Crippen molar-refractivity contribution < 1.29 is 5.11 Å². The Labute approximate surface area is 108 Å². The van der Waals surface area contributed by atoms with E-state index in [-0.39, 0.29) is 5.41 Å². The molecule has 1 aromatic heterocycles. The molecule has 0 aliphatic carbocycles. The van der Waals surface area contributed by atoms with Crippen molar-refractivity contribution >= 4 is 11.0 Å². The molecule has 1 heterocycles. The predicted molar refractivity (Wildman–Crippen MR) is 73.4 cm³/mol. The number of nitrogens with one attached hydrogen (secondary N) is 1. The molecule has 1 unspecified atom stereocenters. The van der Waals surface area contributed by atoms with Crippen molar-refractivity contribution in [2.24, 2.45) is 12.5 Å². The molecule has 2 rings (SSSR count). The summed E-state index contributed by atoms with van der Waals surface area (Å²) in [5.74, 6) is 0. The molecule has 0 radical (unpaired) electrons. The Bertz CT molecular complexity index is 545. The second kappa shape index (κ2) is 4.71. The molecular formula is C14H21N3O. The summed E-state index contributed by atoms with van der Waals surface area (Å²) in [4.78, 5) is 4.33. The van der Waals surface area contributed by atoms with Gasteiger partial charge in [0.15, 0.2) is 0 Å². The van der Waals surface area contributed by atoms with E-state index in [0.29, 0.717) is 0 Å². The number of benzene rings is 1. The third kappa shape index (κ3) is 2.26. The second-order valence-corrected chi connectivity index (χ2v) is 5.53. The molecule has 0 spiro atoms. The second-order valence-electron chi connectivity index (χ2n) is 5.53. The van der Waals surface area contributed by atoms with Crippen LogP contribution in [0.25, 0.3) is 11.0 Å². The molecule has 0 aliphatic rings. The average Bonchev–Trinajstić information content (AvgIpc) is 2.69. The molecule has 0 saturated heterocycles. The Kier molecular flexibility index (Phi) is 3.41. The molecule has 0 bridgehead atoms. The summed E-state index contributed by atoms with van der Waals surface area (Å²) in [7, 11) is 3.87. The molecule has 0 amide bonds. The Morgan fingerprint density at radius 2 is 2.17 bits per heavy atom. The van der Waals surface area contributed by atoms with E-state index in [1.54, 1.807) is 6.33 Å². The zero-order valence-electron chi connectivity index (χ0n) is 11.4. The minimum absolute atomic E-state index is 0.211. The van der Waals surface area contributed by atoms with Crippen molar-refractivity contribution in [2.45, 2.75) is 20.0 Å². The number of rotatable bonds is 4. The van der Waals surface area contributed by atoms with E-state index in [1.807, 2.05) is 36.9 Å². The summed E-state index contributed by atoms with van der Waals surface area (Å²) in [6.07, 6.45) is 1.29. The Morgan fingerprint density at radius 1 is 1.44 bits per heavy atom. The summed E-state index contributed by atoms with van der Waals surface area (Å²) >= 11 is 0. The van der Waals surface area contributed by atoms with Gasteiger partial charge in [0.25, 0.3) is 0 Å². The monoisotopic (exact) mass is 247 g/mol. The minimum Gasteiger partial charge on any atom is -0.388 e. The lowest BCUT2D eigenvalue weighted by Crippen LogP contribution is -2.32. The highest BCUT2D eigenvalue weighted by Crippen LogP contribution is 2.33. The third-order valence-corrected chi connectivity index (χ3v) is 3.44. The first-order valence-electron chi connectivity index (χ1n) is 6.19. The van der Waals surface area contributed by atoms with E-state index in [1.165, 1.54) is 0 Å². The topological polar surface area (TPSA) is 50.1 Å². The SMILES string of the molecule is CNCC(C)(C)C(O)c1ccc2c(c1)ncn2C. The van der Waals surface area contributed by atoms with Crippen molar-refractivity contribution in [3.8, 4) is 0 Å². The fourth-order valence-corrected chi connectivity index (χ4v) is 2.33. The van der Waals surface area contributed by atoms with E-state index in [4.69, 9.17) is 0 Å². The van der Waals surface area contributed by atoms with E-state index >= 15 is 0 Å². The maximum Gasteiger partial charge on any atom is 0.0955 e. The van der Waals surface area contributed by atoms with E-state index in [9.17, 15) is 5.11 Å². The highest BCUT2D eigenvalue weighted by molar-refractivity contribution is 5.76. The lowest BCUT2D eigenvalue weighted by Gasteiger charge is -2.30. The maximum absolute atomic E-state index is 10.5. The quantitative estimate of drug-likeness (QED) is 0.867. The number of hydrogen-bond acceptors (Lipinski definition) is 3. The number of fused-ring (bicyclic) bond motifs is 1. The molecule has 0 saturated carbocycles. The number of imidazole rings is 1. The van der Waals surface area contributed by atoms with Crippen LogP contribution >= 0.6 is 0 Å². The standard InChI is InChI=1S/C14H21N3O/c1-14(2,8-15-3)13(18)10-5-6-12-11(7-10)16-9-17(12)4/h5-7,9,13,15,18H,8H2,1-4H3. The highest BCUT2D eigenvalue weighted by Gasteiger charge is 2.28. The van der Waals surface area contributed by atoms with Crippen LogP contribution in [0.1, 0.15) is 25.5 Å². The number of hydrogen-bond donors (Lipinski definition) is 2. The van der Waals surface area contributed by atoms with Crippen LogP contribution in [0, 0.1) is 5.41 Å². The summed E-state index contributed by atoms with van der Waals surface area (Å²) in [5.41, 5.74) is 2.71. The lowest BCUT2D eigenvalue weighted by molar-refractivity contribution is 0.0507.